The fraction of sp³-hybridized carbons (Fsp3) is 0.438. The van der Waals surface area contributed by atoms with Crippen molar-refractivity contribution in [2.75, 3.05) is 5.32 Å². The number of nitrogens with zero attached hydrogens (tertiary/aromatic N) is 2. The van der Waals surface area contributed by atoms with Crippen LogP contribution in [0.5, 0.6) is 0 Å². The van der Waals surface area contributed by atoms with Gasteiger partial charge in [-0.3, -0.25) is 9.59 Å². The van der Waals surface area contributed by atoms with E-state index in [-0.39, 0.29) is 11.8 Å². The minimum absolute atomic E-state index is 0.0225. The third-order valence-electron chi connectivity index (χ3n) is 4.01. The Morgan fingerprint density at radius 3 is 2.83 bits per heavy atom. The van der Waals surface area contributed by atoms with Crippen molar-refractivity contribution in [1.82, 2.24) is 9.88 Å². The normalized spacial score (nSPS) is 17.8. The van der Waals surface area contributed by atoms with Crippen LogP contribution in [-0.2, 0) is 16.1 Å². The predicted octanol–water partition coefficient (Wildman–Crippen LogP) is 2.79. The highest BCUT2D eigenvalue weighted by atomic mass is 32.1. The Hall–Kier alpha value is -2.15. The summed E-state index contributed by atoms with van der Waals surface area (Å²) >= 11 is 1.45. The number of aromatic nitrogens is 1. The molecule has 0 saturated carbocycles. The van der Waals surface area contributed by atoms with E-state index in [1.165, 1.54) is 11.3 Å². The molecule has 1 N–H and O–H groups in total. The van der Waals surface area contributed by atoms with E-state index >= 15 is 0 Å². The van der Waals surface area contributed by atoms with E-state index in [1.54, 1.807) is 4.90 Å². The van der Waals surface area contributed by atoms with Crippen molar-refractivity contribution in [2.24, 2.45) is 0 Å². The van der Waals surface area contributed by atoms with Gasteiger partial charge in [0.2, 0.25) is 11.8 Å². The molecule has 1 saturated heterocycles. The van der Waals surface area contributed by atoms with Gasteiger partial charge < -0.3 is 14.6 Å². The zero-order valence-electron chi connectivity index (χ0n) is 13.4. The minimum Gasteiger partial charge on any atom is -0.464 e. The molecule has 1 fully saturated rings. The molecular formula is C16H19N3O3S. The molecule has 2 aromatic rings. The Labute approximate surface area is 138 Å². The zero-order chi connectivity index (χ0) is 16.6. The molecule has 3 rings (SSSR count). The topological polar surface area (TPSA) is 75.4 Å². The predicted molar refractivity (Wildman–Crippen MR) is 87.2 cm³/mol. The minimum atomic E-state index is -0.475. The van der Waals surface area contributed by atoms with E-state index in [1.807, 2.05) is 32.9 Å². The highest BCUT2D eigenvalue weighted by molar-refractivity contribution is 7.15. The maximum absolute atomic E-state index is 12.5. The van der Waals surface area contributed by atoms with Gasteiger partial charge in [0.25, 0.3) is 0 Å². The van der Waals surface area contributed by atoms with Gasteiger partial charge in [-0.2, -0.15) is 0 Å². The molecule has 1 atom stereocenters. The first-order valence-electron chi connectivity index (χ1n) is 7.53. The Bertz CT molecular complexity index is 730. The first-order valence-corrected chi connectivity index (χ1v) is 8.35. The Balaban J connectivity index is 1.71. The summed E-state index contributed by atoms with van der Waals surface area (Å²) in [6, 6.07) is 3.22. The summed E-state index contributed by atoms with van der Waals surface area (Å²) in [7, 11) is 0. The molecule has 23 heavy (non-hydrogen) atoms. The van der Waals surface area contributed by atoms with Crippen LogP contribution in [0.3, 0.4) is 0 Å². The standard InChI is InChI=1S/C16H19N3O3S/c1-9-4-5-12(22-9)8-19-13(6-7-14(19)20)15(21)18-16-17-10(2)11(3)23-16/h4-5,13H,6-8H2,1-3H3,(H,17,18,21)/t13-/m0/s1. The van der Waals surface area contributed by atoms with Crippen molar-refractivity contribution in [3.8, 4) is 0 Å². The van der Waals surface area contributed by atoms with E-state index in [0.717, 1.165) is 16.3 Å². The monoisotopic (exact) mass is 333 g/mol. The van der Waals surface area contributed by atoms with Gasteiger partial charge in [-0.25, -0.2) is 4.98 Å². The van der Waals surface area contributed by atoms with Gasteiger partial charge in [-0.15, -0.1) is 11.3 Å². The average Bonchev–Trinajstić information content (AvgIpc) is 3.14. The molecule has 1 aliphatic rings. The first-order chi connectivity index (χ1) is 10.9. The lowest BCUT2D eigenvalue weighted by atomic mass is 10.2. The second-order valence-corrected chi connectivity index (χ2v) is 6.94. The van der Waals surface area contributed by atoms with Gasteiger partial charge in [-0.1, -0.05) is 0 Å². The first kappa shape index (κ1) is 15.7. The lowest BCUT2D eigenvalue weighted by Crippen LogP contribution is -2.41. The molecule has 0 spiro atoms. The summed E-state index contributed by atoms with van der Waals surface area (Å²) in [6.07, 6.45) is 0.904. The van der Waals surface area contributed by atoms with Crippen LogP contribution in [0.1, 0.15) is 34.9 Å². The Kier molecular flexibility index (Phi) is 4.21. The summed E-state index contributed by atoms with van der Waals surface area (Å²) in [6.45, 7) is 6.05. The number of carbonyl (C=O) groups excluding carboxylic acids is 2. The number of thiazole rings is 1. The van der Waals surface area contributed by atoms with Crippen LogP contribution in [0.25, 0.3) is 0 Å². The van der Waals surface area contributed by atoms with Crippen LogP contribution in [0.2, 0.25) is 0 Å². The van der Waals surface area contributed by atoms with Crippen molar-refractivity contribution >= 4 is 28.3 Å². The third-order valence-corrected chi connectivity index (χ3v) is 5.00. The summed E-state index contributed by atoms with van der Waals surface area (Å²) < 4.78 is 5.52. The molecule has 0 aromatic carbocycles. The molecule has 2 aromatic heterocycles. The molecule has 1 aliphatic heterocycles. The molecule has 0 unspecified atom stereocenters. The van der Waals surface area contributed by atoms with Crippen LogP contribution in [0.15, 0.2) is 16.5 Å². The Morgan fingerprint density at radius 2 is 2.22 bits per heavy atom. The number of furan rings is 1. The molecular weight excluding hydrogens is 314 g/mol. The van der Waals surface area contributed by atoms with Gasteiger partial charge in [0.05, 0.1) is 12.2 Å². The smallest absolute Gasteiger partial charge is 0.248 e. The van der Waals surface area contributed by atoms with Gasteiger partial charge in [0.1, 0.15) is 17.6 Å². The molecule has 0 aliphatic carbocycles. The average molecular weight is 333 g/mol. The largest absolute Gasteiger partial charge is 0.464 e. The summed E-state index contributed by atoms with van der Waals surface area (Å²) in [5.74, 6) is 1.27. The number of carbonyl (C=O) groups is 2. The van der Waals surface area contributed by atoms with Crippen LogP contribution in [-0.4, -0.2) is 27.7 Å². The lowest BCUT2D eigenvalue weighted by Gasteiger charge is -2.22. The number of aryl methyl sites for hydroxylation is 3. The van der Waals surface area contributed by atoms with E-state index in [4.69, 9.17) is 4.42 Å². The molecule has 0 radical (unpaired) electrons. The van der Waals surface area contributed by atoms with Crippen LogP contribution in [0, 0.1) is 20.8 Å². The van der Waals surface area contributed by atoms with Crippen LogP contribution in [0.4, 0.5) is 5.13 Å². The number of rotatable bonds is 4. The second-order valence-electron chi connectivity index (χ2n) is 5.74. The van der Waals surface area contributed by atoms with Crippen molar-refractivity contribution in [3.63, 3.8) is 0 Å². The van der Waals surface area contributed by atoms with Crippen molar-refractivity contribution in [3.05, 3.63) is 34.2 Å². The lowest BCUT2D eigenvalue weighted by molar-refractivity contribution is -0.134. The van der Waals surface area contributed by atoms with Gasteiger partial charge >= 0.3 is 0 Å². The molecule has 7 heteroatoms. The van der Waals surface area contributed by atoms with E-state index in [2.05, 4.69) is 10.3 Å². The molecule has 3 heterocycles. The molecule has 2 amide bonds. The number of hydrogen-bond donors (Lipinski definition) is 1. The van der Waals surface area contributed by atoms with Crippen molar-refractivity contribution in [1.29, 1.82) is 0 Å². The second kappa shape index (κ2) is 6.16. The summed E-state index contributed by atoms with van der Waals surface area (Å²) in [5.41, 5.74) is 0.913. The zero-order valence-corrected chi connectivity index (χ0v) is 14.2. The summed E-state index contributed by atoms with van der Waals surface area (Å²) in [5, 5.41) is 3.41. The number of anilines is 1. The van der Waals surface area contributed by atoms with E-state index in [0.29, 0.717) is 30.3 Å². The summed E-state index contributed by atoms with van der Waals surface area (Å²) in [4.78, 5) is 31.6. The van der Waals surface area contributed by atoms with Gasteiger partial charge in [-0.05, 0) is 39.3 Å². The molecule has 0 bridgehead atoms. The SMILES string of the molecule is Cc1ccc(CN2C(=O)CC[C@H]2C(=O)Nc2nc(C)c(C)s2)o1. The van der Waals surface area contributed by atoms with Crippen LogP contribution < -0.4 is 5.32 Å². The van der Waals surface area contributed by atoms with E-state index in [9.17, 15) is 9.59 Å². The maximum Gasteiger partial charge on any atom is 0.248 e. The maximum atomic E-state index is 12.5. The number of hydrogen-bond acceptors (Lipinski definition) is 5. The highest BCUT2D eigenvalue weighted by Crippen LogP contribution is 2.26. The third kappa shape index (κ3) is 3.29. The Morgan fingerprint density at radius 1 is 1.43 bits per heavy atom. The number of likely N-dealkylation sites (tertiary alicyclic amines) is 1. The number of amides is 2. The van der Waals surface area contributed by atoms with Gasteiger partial charge in [0.15, 0.2) is 5.13 Å². The van der Waals surface area contributed by atoms with E-state index < -0.39 is 6.04 Å². The van der Waals surface area contributed by atoms with Crippen LogP contribution >= 0.6 is 11.3 Å². The van der Waals surface area contributed by atoms with Crippen molar-refractivity contribution in [2.45, 2.75) is 46.2 Å². The molecule has 122 valence electrons. The fourth-order valence-electron chi connectivity index (χ4n) is 2.66. The quantitative estimate of drug-likeness (QED) is 0.933. The van der Waals surface area contributed by atoms with Gasteiger partial charge in [0, 0.05) is 11.3 Å². The van der Waals surface area contributed by atoms with Crippen molar-refractivity contribution < 1.29 is 14.0 Å². The molecule has 6 nitrogen and oxygen atoms in total. The number of nitrogens with one attached hydrogen (secondary N) is 1. The fourth-order valence-corrected chi connectivity index (χ4v) is 3.47. The highest BCUT2D eigenvalue weighted by Gasteiger charge is 2.36.